The van der Waals surface area contributed by atoms with Gasteiger partial charge in [-0.05, 0) is 48.9 Å². The van der Waals surface area contributed by atoms with E-state index >= 15 is 0 Å². The van der Waals surface area contributed by atoms with Crippen molar-refractivity contribution >= 4 is 0 Å². The molecule has 0 heteroatoms. The first-order valence-electron chi connectivity index (χ1n) is 5.72. The zero-order valence-electron chi connectivity index (χ0n) is 8.72. The van der Waals surface area contributed by atoms with Gasteiger partial charge in [-0.1, -0.05) is 27.2 Å². The average molecular weight is 166 g/mol. The first-order chi connectivity index (χ1) is 5.72. The van der Waals surface area contributed by atoms with Gasteiger partial charge in [0.15, 0.2) is 0 Å². The van der Waals surface area contributed by atoms with Crippen molar-refractivity contribution < 1.29 is 0 Å². The smallest absolute Gasteiger partial charge is 0.0355 e. The number of hydrogen-bond donors (Lipinski definition) is 0. The third kappa shape index (κ3) is 1.20. The largest absolute Gasteiger partial charge is 0.0651 e. The number of fused-ring (bicyclic) bond motifs is 3. The molecule has 0 aliphatic heterocycles. The second kappa shape index (κ2) is 3.05. The van der Waals surface area contributed by atoms with Crippen LogP contribution in [-0.4, -0.2) is 0 Å². The molecule has 5 atom stereocenters. The molecule has 3 fully saturated rings. The second-order valence-electron chi connectivity index (χ2n) is 5.26. The Hall–Kier alpha value is 0. The lowest BCUT2D eigenvalue weighted by Gasteiger charge is -2.44. The summed E-state index contributed by atoms with van der Waals surface area (Å²) in [6.45, 7) is 7.32. The van der Waals surface area contributed by atoms with E-state index in [4.69, 9.17) is 0 Å². The molecule has 0 nitrogen and oxygen atoms in total. The van der Waals surface area contributed by atoms with Gasteiger partial charge in [0.2, 0.25) is 0 Å². The molecule has 3 aliphatic carbocycles. The third-order valence-electron chi connectivity index (χ3n) is 4.53. The van der Waals surface area contributed by atoms with Crippen molar-refractivity contribution in [1.29, 1.82) is 0 Å². The van der Waals surface area contributed by atoms with Crippen LogP contribution in [0.25, 0.3) is 0 Å². The summed E-state index contributed by atoms with van der Waals surface area (Å²) < 4.78 is 0. The summed E-state index contributed by atoms with van der Waals surface area (Å²) in [5.41, 5.74) is 0. The van der Waals surface area contributed by atoms with E-state index in [1.807, 2.05) is 0 Å². The minimum absolute atomic E-state index is 1.01. The lowest BCUT2D eigenvalue weighted by atomic mass is 9.61. The molecule has 0 aromatic carbocycles. The molecular formula is C12H22. The van der Waals surface area contributed by atoms with Gasteiger partial charge in [0, 0.05) is 0 Å². The van der Waals surface area contributed by atoms with Crippen LogP contribution >= 0.6 is 0 Å². The predicted octanol–water partition coefficient (Wildman–Crippen LogP) is 3.71. The molecule has 0 saturated heterocycles. The van der Waals surface area contributed by atoms with Gasteiger partial charge in [0.1, 0.15) is 0 Å². The second-order valence-corrected chi connectivity index (χ2v) is 5.26. The molecule has 70 valence electrons. The van der Waals surface area contributed by atoms with Gasteiger partial charge in [-0.15, -0.1) is 0 Å². The third-order valence-corrected chi connectivity index (χ3v) is 4.53. The van der Waals surface area contributed by atoms with E-state index in [9.17, 15) is 0 Å². The van der Waals surface area contributed by atoms with E-state index in [-0.39, 0.29) is 0 Å². The van der Waals surface area contributed by atoms with Crippen molar-refractivity contribution in [3.8, 4) is 0 Å². The Morgan fingerprint density at radius 1 is 1.08 bits per heavy atom. The molecule has 0 amide bonds. The van der Waals surface area contributed by atoms with Crippen LogP contribution in [0.3, 0.4) is 0 Å². The minimum Gasteiger partial charge on any atom is -0.0651 e. The summed E-state index contributed by atoms with van der Waals surface area (Å²) in [4.78, 5) is 0. The highest BCUT2D eigenvalue weighted by molar-refractivity contribution is 4.94. The molecule has 12 heavy (non-hydrogen) atoms. The highest BCUT2D eigenvalue weighted by atomic mass is 14.5. The number of rotatable bonds is 1. The fourth-order valence-electron chi connectivity index (χ4n) is 3.64. The Balaban J connectivity index is 2.06. The van der Waals surface area contributed by atoms with Crippen LogP contribution in [0.2, 0.25) is 0 Å². The molecule has 0 aromatic heterocycles. The summed E-state index contributed by atoms with van der Waals surface area (Å²) in [5.74, 6) is 5.33. The highest BCUT2D eigenvalue weighted by Gasteiger charge is 2.44. The fourth-order valence-corrected chi connectivity index (χ4v) is 3.64. The van der Waals surface area contributed by atoms with Crippen LogP contribution in [0, 0.1) is 29.6 Å². The van der Waals surface area contributed by atoms with Gasteiger partial charge in [0.05, 0.1) is 0 Å². The van der Waals surface area contributed by atoms with Crippen LogP contribution in [-0.2, 0) is 0 Å². The van der Waals surface area contributed by atoms with Crippen molar-refractivity contribution in [1.82, 2.24) is 0 Å². The van der Waals surface area contributed by atoms with Crippen LogP contribution < -0.4 is 0 Å². The molecule has 0 N–H and O–H groups in total. The summed E-state index contributed by atoms with van der Waals surface area (Å²) in [5, 5.41) is 0. The number of hydrogen-bond acceptors (Lipinski definition) is 0. The molecule has 0 radical (unpaired) electrons. The highest BCUT2D eigenvalue weighted by Crippen LogP contribution is 2.53. The molecule has 0 aromatic rings. The molecule has 2 bridgehead atoms. The van der Waals surface area contributed by atoms with Crippen molar-refractivity contribution in [2.45, 2.75) is 46.5 Å². The monoisotopic (exact) mass is 166 g/mol. The SMILES string of the molecule is CCC1CC(C)CC2CC1C2C. The van der Waals surface area contributed by atoms with E-state index in [2.05, 4.69) is 20.8 Å². The molecule has 3 aliphatic rings. The fraction of sp³-hybridized carbons (Fsp3) is 1.00. The van der Waals surface area contributed by atoms with E-state index in [1.54, 1.807) is 6.42 Å². The van der Waals surface area contributed by atoms with Gasteiger partial charge in [0.25, 0.3) is 0 Å². The van der Waals surface area contributed by atoms with Gasteiger partial charge < -0.3 is 0 Å². The minimum atomic E-state index is 1.01. The normalized spacial score (nSPS) is 52.8. The molecule has 3 saturated carbocycles. The first kappa shape index (κ1) is 8.59. The van der Waals surface area contributed by atoms with Gasteiger partial charge in [-0.3, -0.25) is 0 Å². The zero-order chi connectivity index (χ0) is 8.72. The lowest BCUT2D eigenvalue weighted by molar-refractivity contribution is 0.0521. The summed E-state index contributed by atoms with van der Waals surface area (Å²) in [6.07, 6.45) is 6.02. The van der Waals surface area contributed by atoms with Gasteiger partial charge >= 0.3 is 0 Å². The maximum atomic E-state index is 2.49. The van der Waals surface area contributed by atoms with Crippen molar-refractivity contribution in [2.75, 3.05) is 0 Å². The molecule has 0 spiro atoms. The van der Waals surface area contributed by atoms with Crippen molar-refractivity contribution in [2.24, 2.45) is 29.6 Å². The Labute approximate surface area is 76.7 Å². The van der Waals surface area contributed by atoms with Crippen LogP contribution in [0.1, 0.15) is 46.5 Å². The maximum absolute atomic E-state index is 2.49. The summed E-state index contributed by atoms with van der Waals surface area (Å²) in [6, 6.07) is 0. The Morgan fingerprint density at radius 3 is 2.42 bits per heavy atom. The van der Waals surface area contributed by atoms with Crippen molar-refractivity contribution in [3.63, 3.8) is 0 Å². The topological polar surface area (TPSA) is 0 Å². The molecule has 3 rings (SSSR count). The Bertz CT molecular complexity index is 161. The van der Waals surface area contributed by atoms with Crippen LogP contribution in [0.4, 0.5) is 0 Å². The maximum Gasteiger partial charge on any atom is -0.0355 e. The van der Waals surface area contributed by atoms with Crippen LogP contribution in [0.15, 0.2) is 0 Å². The molecular weight excluding hydrogens is 144 g/mol. The quantitative estimate of drug-likeness (QED) is 0.557. The standard InChI is InChI=1S/C12H22/c1-4-10-5-8(2)6-11-7-12(10)9(11)3/h8-12H,4-7H2,1-3H3. The summed E-state index contributed by atoms with van der Waals surface area (Å²) >= 11 is 0. The first-order valence-corrected chi connectivity index (χ1v) is 5.72. The van der Waals surface area contributed by atoms with E-state index < -0.39 is 0 Å². The molecule has 0 heterocycles. The van der Waals surface area contributed by atoms with E-state index in [0.29, 0.717) is 0 Å². The lowest BCUT2D eigenvalue weighted by Crippen LogP contribution is -2.36. The van der Waals surface area contributed by atoms with E-state index in [0.717, 1.165) is 29.6 Å². The van der Waals surface area contributed by atoms with Gasteiger partial charge in [-0.25, -0.2) is 0 Å². The van der Waals surface area contributed by atoms with E-state index in [1.165, 1.54) is 19.3 Å². The predicted molar refractivity (Wildman–Crippen MR) is 52.9 cm³/mol. The van der Waals surface area contributed by atoms with Crippen molar-refractivity contribution in [3.05, 3.63) is 0 Å². The Kier molecular flexibility index (Phi) is 2.18. The van der Waals surface area contributed by atoms with Crippen LogP contribution in [0.5, 0.6) is 0 Å². The molecule has 5 unspecified atom stereocenters. The summed E-state index contributed by atoms with van der Waals surface area (Å²) in [7, 11) is 0. The zero-order valence-corrected chi connectivity index (χ0v) is 8.72. The average Bonchev–Trinajstić information content (AvgIpc) is 2.30. The Morgan fingerprint density at radius 2 is 1.83 bits per heavy atom. The van der Waals surface area contributed by atoms with Gasteiger partial charge in [-0.2, -0.15) is 0 Å².